The minimum atomic E-state index is -0.642. The Morgan fingerprint density at radius 3 is 2.14 bits per heavy atom. The molecule has 0 radical (unpaired) electrons. The molecule has 5 nitrogen and oxygen atoms in total. The predicted molar refractivity (Wildman–Crippen MR) is 82.1 cm³/mol. The van der Waals surface area contributed by atoms with E-state index in [0.29, 0.717) is 17.9 Å². The van der Waals surface area contributed by atoms with E-state index in [1.807, 2.05) is 0 Å². The van der Waals surface area contributed by atoms with Gasteiger partial charge in [0.2, 0.25) is 0 Å². The molecule has 2 fully saturated rings. The predicted octanol–water partition coefficient (Wildman–Crippen LogP) is 2.04. The largest absolute Gasteiger partial charge is 0.389 e. The second kappa shape index (κ2) is 8.59. The van der Waals surface area contributed by atoms with Gasteiger partial charge in [-0.1, -0.05) is 25.7 Å². The van der Waals surface area contributed by atoms with E-state index in [-0.39, 0.29) is 19.2 Å². The van der Waals surface area contributed by atoms with Crippen molar-refractivity contribution >= 4 is 6.03 Å². The number of rotatable bonds is 7. The van der Waals surface area contributed by atoms with E-state index in [1.54, 1.807) is 7.11 Å². The Labute approximate surface area is 127 Å². The fraction of sp³-hybridized carbons (Fsp3) is 0.938. The second-order valence-electron chi connectivity index (χ2n) is 6.58. The summed E-state index contributed by atoms with van der Waals surface area (Å²) in [5.41, 5.74) is 0. The molecular weight excluding hydrogens is 268 g/mol. The molecule has 1 atom stereocenters. The van der Waals surface area contributed by atoms with Crippen molar-refractivity contribution in [1.29, 1.82) is 0 Å². The van der Waals surface area contributed by atoms with Crippen LogP contribution in [0, 0.1) is 11.8 Å². The smallest absolute Gasteiger partial charge is 0.315 e. The van der Waals surface area contributed by atoms with E-state index >= 15 is 0 Å². The lowest BCUT2D eigenvalue weighted by Crippen LogP contribution is -2.50. The number of hydrogen-bond acceptors (Lipinski definition) is 3. The van der Waals surface area contributed by atoms with Crippen LogP contribution in [0.2, 0.25) is 0 Å². The molecule has 0 aromatic rings. The van der Waals surface area contributed by atoms with Crippen LogP contribution in [0.15, 0.2) is 0 Å². The van der Waals surface area contributed by atoms with E-state index in [9.17, 15) is 9.90 Å². The van der Waals surface area contributed by atoms with Crippen LogP contribution in [0.25, 0.3) is 0 Å². The van der Waals surface area contributed by atoms with Gasteiger partial charge in [-0.2, -0.15) is 0 Å². The summed E-state index contributed by atoms with van der Waals surface area (Å²) in [6, 6.07) is 0.170. The Morgan fingerprint density at radius 2 is 1.67 bits per heavy atom. The zero-order valence-electron chi connectivity index (χ0n) is 13.1. The first-order valence-corrected chi connectivity index (χ1v) is 8.42. The fourth-order valence-electron chi connectivity index (χ4n) is 3.92. The molecular formula is C16H30N2O3. The molecule has 1 unspecified atom stereocenters. The highest BCUT2D eigenvalue weighted by Gasteiger charge is 2.34. The maximum atomic E-state index is 12.1. The summed E-state index contributed by atoms with van der Waals surface area (Å²) in [6.07, 6.45) is 9.52. The Hall–Kier alpha value is -0.810. The molecule has 0 heterocycles. The van der Waals surface area contributed by atoms with Crippen molar-refractivity contribution in [2.24, 2.45) is 11.8 Å². The standard InChI is InChI=1S/C16H30N2O3/c1-21-11-14(19)10-17-16(20)18-15(12-6-2-3-7-12)13-8-4-5-9-13/h12-15,19H,2-11H2,1H3,(H2,17,18,20). The van der Waals surface area contributed by atoms with Gasteiger partial charge in [0, 0.05) is 19.7 Å². The first-order chi connectivity index (χ1) is 10.2. The van der Waals surface area contributed by atoms with Crippen LogP contribution < -0.4 is 10.6 Å². The van der Waals surface area contributed by atoms with E-state index < -0.39 is 6.10 Å². The summed E-state index contributed by atoms with van der Waals surface area (Å²) in [6.45, 7) is 0.483. The van der Waals surface area contributed by atoms with E-state index in [0.717, 1.165) is 0 Å². The van der Waals surface area contributed by atoms with Gasteiger partial charge in [0.05, 0.1) is 12.7 Å². The number of aliphatic hydroxyl groups is 1. The lowest BCUT2D eigenvalue weighted by molar-refractivity contribution is 0.0657. The summed E-state index contributed by atoms with van der Waals surface area (Å²) in [7, 11) is 1.54. The van der Waals surface area contributed by atoms with Gasteiger partial charge in [-0.05, 0) is 37.5 Å². The molecule has 2 rings (SSSR count). The number of carbonyl (C=O) groups excluding carboxylic acids is 1. The molecule has 5 heteroatoms. The van der Waals surface area contributed by atoms with Gasteiger partial charge in [-0.3, -0.25) is 0 Å². The highest BCUT2D eigenvalue weighted by atomic mass is 16.5. The summed E-state index contributed by atoms with van der Waals surface area (Å²) in [4.78, 5) is 12.1. The molecule has 2 aliphatic carbocycles. The van der Waals surface area contributed by atoms with E-state index in [4.69, 9.17) is 4.74 Å². The fourth-order valence-corrected chi connectivity index (χ4v) is 3.92. The Balaban J connectivity index is 1.81. The lowest BCUT2D eigenvalue weighted by Gasteiger charge is -2.30. The molecule has 2 saturated carbocycles. The SMILES string of the molecule is COCC(O)CNC(=O)NC(C1CCCC1)C1CCCC1. The van der Waals surface area contributed by atoms with Crippen LogP contribution >= 0.6 is 0 Å². The summed E-state index contributed by atoms with van der Waals surface area (Å²) in [5, 5.41) is 15.5. The van der Waals surface area contributed by atoms with Crippen LogP contribution in [0.5, 0.6) is 0 Å². The first-order valence-electron chi connectivity index (χ1n) is 8.42. The molecule has 0 bridgehead atoms. The third-order valence-electron chi connectivity index (χ3n) is 4.97. The number of carbonyl (C=O) groups is 1. The number of hydrogen-bond donors (Lipinski definition) is 3. The summed E-state index contributed by atoms with van der Waals surface area (Å²) >= 11 is 0. The molecule has 0 saturated heterocycles. The van der Waals surface area contributed by atoms with Crippen molar-refractivity contribution in [1.82, 2.24) is 10.6 Å². The number of nitrogens with one attached hydrogen (secondary N) is 2. The van der Waals surface area contributed by atoms with Crippen LogP contribution in [0.3, 0.4) is 0 Å². The number of aliphatic hydroxyl groups excluding tert-OH is 1. The molecule has 2 amide bonds. The lowest BCUT2D eigenvalue weighted by atomic mass is 9.86. The third kappa shape index (κ3) is 5.15. The van der Waals surface area contributed by atoms with E-state index in [2.05, 4.69) is 10.6 Å². The van der Waals surface area contributed by atoms with Gasteiger partial charge in [-0.25, -0.2) is 4.79 Å². The maximum absolute atomic E-state index is 12.1. The number of urea groups is 1. The average molecular weight is 298 g/mol. The first kappa shape index (κ1) is 16.6. The maximum Gasteiger partial charge on any atom is 0.315 e. The topological polar surface area (TPSA) is 70.6 Å². The Bertz CT molecular complexity index is 297. The highest BCUT2D eigenvalue weighted by Crippen LogP contribution is 2.37. The van der Waals surface area contributed by atoms with Crippen molar-refractivity contribution in [3.63, 3.8) is 0 Å². The van der Waals surface area contributed by atoms with E-state index in [1.165, 1.54) is 51.4 Å². The van der Waals surface area contributed by atoms with Crippen molar-refractivity contribution in [3.8, 4) is 0 Å². The third-order valence-corrected chi connectivity index (χ3v) is 4.97. The van der Waals surface area contributed by atoms with Gasteiger partial charge in [0.25, 0.3) is 0 Å². The van der Waals surface area contributed by atoms with Crippen LogP contribution in [-0.4, -0.2) is 43.5 Å². The molecule has 0 aliphatic heterocycles. The summed E-state index contributed by atoms with van der Waals surface area (Å²) < 4.78 is 4.86. The Kier molecular flexibility index (Phi) is 6.77. The zero-order chi connectivity index (χ0) is 15.1. The van der Waals surface area contributed by atoms with Crippen LogP contribution in [-0.2, 0) is 4.74 Å². The molecule has 0 aromatic carbocycles. The molecule has 0 spiro atoms. The van der Waals surface area contributed by atoms with Gasteiger partial charge in [0.1, 0.15) is 0 Å². The monoisotopic (exact) mass is 298 g/mol. The van der Waals surface area contributed by atoms with Gasteiger partial charge in [-0.15, -0.1) is 0 Å². The highest BCUT2D eigenvalue weighted by molar-refractivity contribution is 5.74. The van der Waals surface area contributed by atoms with Gasteiger partial charge in [0.15, 0.2) is 0 Å². The summed E-state index contributed by atoms with van der Waals surface area (Å²) in [5.74, 6) is 1.28. The van der Waals surface area contributed by atoms with Gasteiger partial charge < -0.3 is 20.5 Å². The van der Waals surface area contributed by atoms with Crippen LogP contribution in [0.1, 0.15) is 51.4 Å². The minimum Gasteiger partial charge on any atom is -0.389 e. The van der Waals surface area contributed by atoms with Gasteiger partial charge >= 0.3 is 6.03 Å². The number of amides is 2. The normalized spacial score (nSPS) is 21.9. The molecule has 3 N–H and O–H groups in total. The molecule has 0 aromatic heterocycles. The molecule has 2 aliphatic rings. The average Bonchev–Trinajstić information content (AvgIpc) is 3.15. The van der Waals surface area contributed by atoms with Crippen molar-refractivity contribution in [2.75, 3.05) is 20.3 Å². The second-order valence-corrected chi connectivity index (χ2v) is 6.58. The number of ether oxygens (including phenoxy) is 1. The molecule has 21 heavy (non-hydrogen) atoms. The minimum absolute atomic E-state index is 0.144. The molecule has 122 valence electrons. The Morgan fingerprint density at radius 1 is 1.14 bits per heavy atom. The van der Waals surface area contributed by atoms with Crippen molar-refractivity contribution in [3.05, 3.63) is 0 Å². The number of methoxy groups -OCH3 is 1. The van der Waals surface area contributed by atoms with Crippen LogP contribution in [0.4, 0.5) is 4.79 Å². The quantitative estimate of drug-likeness (QED) is 0.673. The van der Waals surface area contributed by atoms with Crippen molar-refractivity contribution < 1.29 is 14.6 Å². The van der Waals surface area contributed by atoms with Crippen molar-refractivity contribution in [2.45, 2.75) is 63.5 Å². The zero-order valence-corrected chi connectivity index (χ0v) is 13.1.